The predicted molar refractivity (Wildman–Crippen MR) is 65.0 cm³/mol. The molecule has 1 aromatic rings. The minimum absolute atomic E-state index is 0.0686. The maximum atomic E-state index is 5.83. The van der Waals surface area contributed by atoms with Gasteiger partial charge in [0.05, 0.1) is 10.6 Å². The van der Waals surface area contributed by atoms with Crippen molar-refractivity contribution < 1.29 is 4.74 Å². The smallest absolute Gasteiger partial charge is 0.133 e. The normalized spacial score (nSPS) is 18.3. The van der Waals surface area contributed by atoms with E-state index in [0.29, 0.717) is 6.10 Å². The topological polar surface area (TPSA) is 35.2 Å². The van der Waals surface area contributed by atoms with Gasteiger partial charge in [0, 0.05) is 6.04 Å². The minimum Gasteiger partial charge on any atom is -0.489 e. The van der Waals surface area contributed by atoms with Gasteiger partial charge in [0.2, 0.25) is 0 Å². The van der Waals surface area contributed by atoms with Crippen molar-refractivity contribution in [2.45, 2.75) is 38.3 Å². The molecule has 1 aliphatic rings. The van der Waals surface area contributed by atoms with Gasteiger partial charge in [-0.3, -0.25) is 0 Å². The summed E-state index contributed by atoms with van der Waals surface area (Å²) >= 11 is 3.52. The molecule has 1 fully saturated rings. The number of nitrogens with two attached hydrogens (primary N) is 1. The van der Waals surface area contributed by atoms with Gasteiger partial charge in [0.25, 0.3) is 0 Å². The molecule has 1 atom stereocenters. The van der Waals surface area contributed by atoms with Gasteiger partial charge in [-0.1, -0.05) is 6.07 Å². The monoisotopic (exact) mass is 269 g/mol. The van der Waals surface area contributed by atoms with Crippen LogP contribution in [-0.2, 0) is 0 Å². The highest BCUT2D eigenvalue weighted by Crippen LogP contribution is 2.32. The van der Waals surface area contributed by atoms with E-state index >= 15 is 0 Å². The lowest BCUT2D eigenvalue weighted by molar-refractivity contribution is 0.119. The van der Waals surface area contributed by atoms with E-state index in [-0.39, 0.29) is 6.04 Å². The van der Waals surface area contributed by atoms with Gasteiger partial charge in [0.15, 0.2) is 0 Å². The van der Waals surface area contributed by atoms with Crippen molar-refractivity contribution in [3.05, 3.63) is 28.2 Å². The summed E-state index contributed by atoms with van der Waals surface area (Å²) in [4.78, 5) is 0. The fourth-order valence-corrected chi connectivity index (χ4v) is 2.05. The van der Waals surface area contributed by atoms with Crippen molar-refractivity contribution in [3.63, 3.8) is 0 Å². The zero-order valence-corrected chi connectivity index (χ0v) is 10.5. The van der Waals surface area contributed by atoms with Crippen LogP contribution in [0.1, 0.15) is 37.8 Å². The van der Waals surface area contributed by atoms with E-state index in [4.69, 9.17) is 10.5 Å². The van der Waals surface area contributed by atoms with Crippen LogP contribution in [0.3, 0.4) is 0 Å². The third-order valence-corrected chi connectivity index (χ3v) is 3.45. The first kappa shape index (κ1) is 11.0. The highest BCUT2D eigenvalue weighted by Gasteiger charge is 2.20. The van der Waals surface area contributed by atoms with E-state index < -0.39 is 0 Å². The first-order chi connectivity index (χ1) is 7.16. The molecule has 1 aromatic carbocycles. The van der Waals surface area contributed by atoms with Crippen LogP contribution in [0.25, 0.3) is 0 Å². The van der Waals surface area contributed by atoms with Crippen LogP contribution in [-0.4, -0.2) is 6.10 Å². The van der Waals surface area contributed by atoms with Gasteiger partial charge in [-0.15, -0.1) is 0 Å². The second kappa shape index (κ2) is 4.54. The second-order valence-corrected chi connectivity index (χ2v) is 5.00. The molecular weight excluding hydrogens is 254 g/mol. The van der Waals surface area contributed by atoms with Gasteiger partial charge in [0.1, 0.15) is 5.75 Å². The van der Waals surface area contributed by atoms with Gasteiger partial charge < -0.3 is 10.5 Å². The number of rotatable bonds is 3. The molecule has 0 unspecified atom stereocenters. The van der Waals surface area contributed by atoms with Crippen molar-refractivity contribution >= 4 is 15.9 Å². The van der Waals surface area contributed by atoms with Crippen LogP contribution >= 0.6 is 15.9 Å². The summed E-state index contributed by atoms with van der Waals surface area (Å²) in [6.07, 6.45) is 4.07. The van der Waals surface area contributed by atoms with E-state index in [9.17, 15) is 0 Å². The van der Waals surface area contributed by atoms with E-state index in [2.05, 4.69) is 15.9 Å². The Kier molecular flexibility index (Phi) is 3.32. The molecule has 0 aromatic heterocycles. The highest BCUT2D eigenvalue weighted by molar-refractivity contribution is 9.10. The lowest BCUT2D eigenvalue weighted by atomic mass is 9.96. The lowest BCUT2D eigenvalue weighted by Gasteiger charge is -2.27. The first-order valence-electron chi connectivity index (χ1n) is 5.38. The van der Waals surface area contributed by atoms with Crippen LogP contribution < -0.4 is 10.5 Å². The average Bonchev–Trinajstić information content (AvgIpc) is 2.12. The maximum Gasteiger partial charge on any atom is 0.133 e. The Bertz CT molecular complexity index is 347. The van der Waals surface area contributed by atoms with Crippen molar-refractivity contribution in [2.75, 3.05) is 0 Å². The number of benzene rings is 1. The predicted octanol–water partition coefficient (Wildman–Crippen LogP) is 3.40. The van der Waals surface area contributed by atoms with Crippen molar-refractivity contribution in [1.82, 2.24) is 0 Å². The quantitative estimate of drug-likeness (QED) is 0.913. The summed E-state index contributed by atoms with van der Waals surface area (Å²) in [5.41, 5.74) is 6.94. The second-order valence-electron chi connectivity index (χ2n) is 4.15. The van der Waals surface area contributed by atoms with Crippen molar-refractivity contribution in [2.24, 2.45) is 5.73 Å². The lowest BCUT2D eigenvalue weighted by Crippen LogP contribution is -2.24. The Morgan fingerprint density at radius 3 is 2.67 bits per heavy atom. The fourth-order valence-electron chi connectivity index (χ4n) is 1.56. The maximum absolute atomic E-state index is 5.83. The van der Waals surface area contributed by atoms with Crippen LogP contribution in [0.15, 0.2) is 22.7 Å². The summed E-state index contributed by atoms with van der Waals surface area (Å²) in [5.74, 6) is 0.934. The van der Waals surface area contributed by atoms with Gasteiger partial charge in [-0.2, -0.15) is 0 Å². The van der Waals surface area contributed by atoms with Crippen LogP contribution in [0.5, 0.6) is 5.75 Å². The van der Waals surface area contributed by atoms with E-state index in [0.717, 1.165) is 15.8 Å². The molecule has 0 bridgehead atoms. The number of ether oxygens (including phenoxy) is 1. The molecule has 0 saturated heterocycles. The SMILES string of the molecule is C[C@H](N)c1ccc(OC2CCC2)c(Br)c1. The van der Waals surface area contributed by atoms with Gasteiger partial charge in [-0.25, -0.2) is 0 Å². The molecule has 0 spiro atoms. The third kappa shape index (κ3) is 2.52. The molecule has 3 heteroatoms. The molecule has 1 saturated carbocycles. The van der Waals surface area contributed by atoms with E-state index in [1.165, 1.54) is 19.3 Å². The van der Waals surface area contributed by atoms with E-state index in [1.807, 2.05) is 25.1 Å². The van der Waals surface area contributed by atoms with Gasteiger partial charge >= 0.3 is 0 Å². The fraction of sp³-hybridized carbons (Fsp3) is 0.500. The summed E-state index contributed by atoms with van der Waals surface area (Å²) in [5, 5.41) is 0. The molecule has 15 heavy (non-hydrogen) atoms. The van der Waals surface area contributed by atoms with Crippen LogP contribution in [0, 0.1) is 0 Å². The minimum atomic E-state index is 0.0686. The van der Waals surface area contributed by atoms with Crippen LogP contribution in [0.2, 0.25) is 0 Å². The van der Waals surface area contributed by atoms with Crippen molar-refractivity contribution in [3.8, 4) is 5.75 Å². The molecule has 0 amide bonds. The number of hydrogen-bond donors (Lipinski definition) is 1. The average molecular weight is 270 g/mol. The third-order valence-electron chi connectivity index (χ3n) is 2.83. The highest BCUT2D eigenvalue weighted by atomic mass is 79.9. The number of halogens is 1. The van der Waals surface area contributed by atoms with Crippen molar-refractivity contribution in [1.29, 1.82) is 0 Å². The molecule has 2 rings (SSSR count). The molecule has 0 heterocycles. The molecule has 2 N–H and O–H groups in total. The Labute approximate surface area is 98.9 Å². The van der Waals surface area contributed by atoms with E-state index in [1.54, 1.807) is 0 Å². The first-order valence-corrected chi connectivity index (χ1v) is 6.18. The van der Waals surface area contributed by atoms with Gasteiger partial charge in [-0.05, 0) is 59.8 Å². The Hall–Kier alpha value is -0.540. The zero-order valence-electron chi connectivity index (χ0n) is 8.87. The summed E-state index contributed by atoms with van der Waals surface area (Å²) in [6, 6.07) is 6.14. The molecule has 82 valence electrons. The zero-order chi connectivity index (χ0) is 10.8. The molecule has 0 radical (unpaired) electrons. The summed E-state index contributed by atoms with van der Waals surface area (Å²) < 4.78 is 6.83. The molecular formula is C12H16BrNO. The largest absolute Gasteiger partial charge is 0.489 e. The number of hydrogen-bond acceptors (Lipinski definition) is 2. The Morgan fingerprint density at radius 1 is 1.47 bits per heavy atom. The summed E-state index contributed by atoms with van der Waals surface area (Å²) in [7, 11) is 0. The molecule has 0 aliphatic heterocycles. The van der Waals surface area contributed by atoms with Crippen LogP contribution in [0.4, 0.5) is 0 Å². The molecule has 1 aliphatic carbocycles. The standard InChI is InChI=1S/C12H16BrNO/c1-8(14)9-5-6-12(11(13)7-9)15-10-3-2-4-10/h5-8,10H,2-4,14H2,1H3/t8-/m0/s1. The Morgan fingerprint density at radius 2 is 2.20 bits per heavy atom. The molecule has 2 nitrogen and oxygen atoms in total. The Balaban J connectivity index is 2.11. The summed E-state index contributed by atoms with van der Waals surface area (Å²) in [6.45, 7) is 1.98.